The van der Waals surface area contributed by atoms with Crippen LogP contribution in [0.4, 0.5) is 0 Å². The maximum Gasteiger partial charge on any atom is 0.349 e. The number of hydrogen-bond donors (Lipinski definition) is 1. The molecule has 3 aliphatic rings. The first-order valence-corrected chi connectivity index (χ1v) is 10.7. The molecule has 0 aliphatic carbocycles. The van der Waals surface area contributed by atoms with E-state index in [1.165, 1.54) is 22.7 Å². The second kappa shape index (κ2) is 7.46. The highest BCUT2D eigenvalue weighted by molar-refractivity contribution is 7.12. The lowest BCUT2D eigenvalue weighted by Crippen LogP contribution is -3.00. The van der Waals surface area contributed by atoms with Gasteiger partial charge >= 0.3 is 5.97 Å². The van der Waals surface area contributed by atoms with Gasteiger partial charge in [-0.25, -0.2) is 4.79 Å². The van der Waals surface area contributed by atoms with Crippen LogP contribution in [-0.4, -0.2) is 65.5 Å². The van der Waals surface area contributed by atoms with Crippen LogP contribution < -0.4 is 17.0 Å². The van der Waals surface area contributed by atoms with Crippen LogP contribution in [-0.2, 0) is 19.9 Å². The SMILES string of the molecule is C[N+]1(C)[C@@H]2CC(OC(=O)C(O)(c3cccs3)c3cccs3)C[C@H]1[C@H]1O[C@H]12.O.[Br-]. The summed E-state index contributed by atoms with van der Waals surface area (Å²) in [7, 11) is 4.49. The van der Waals surface area contributed by atoms with Gasteiger partial charge in [0.2, 0.25) is 5.60 Å². The second-order valence-corrected chi connectivity index (χ2v) is 9.89. The van der Waals surface area contributed by atoms with Gasteiger partial charge in [-0.15, -0.1) is 22.7 Å². The maximum atomic E-state index is 13.1. The normalized spacial score (nSPS) is 31.9. The van der Waals surface area contributed by atoms with Gasteiger partial charge < -0.3 is 41.5 Å². The van der Waals surface area contributed by atoms with Crippen molar-refractivity contribution in [3.8, 4) is 0 Å². The number of quaternary nitrogens is 1. The minimum Gasteiger partial charge on any atom is -1.00 e. The highest BCUT2D eigenvalue weighted by atomic mass is 79.9. The Kier molecular flexibility index (Phi) is 5.83. The van der Waals surface area contributed by atoms with Gasteiger partial charge in [0, 0.05) is 12.8 Å². The zero-order chi connectivity index (χ0) is 18.1. The molecule has 0 amide bonds. The molecule has 2 aromatic heterocycles. The lowest BCUT2D eigenvalue weighted by molar-refractivity contribution is -0.938. The van der Waals surface area contributed by atoms with Crippen LogP contribution in [0.3, 0.4) is 0 Å². The third-order valence-electron chi connectivity index (χ3n) is 6.36. The van der Waals surface area contributed by atoms with Gasteiger partial charge in [0.1, 0.15) is 30.4 Å². The number of epoxide rings is 1. The summed E-state index contributed by atoms with van der Waals surface area (Å²) in [5.41, 5.74) is -1.72. The number of aliphatic hydroxyl groups is 1. The number of rotatable bonds is 4. The van der Waals surface area contributed by atoms with E-state index in [4.69, 9.17) is 9.47 Å². The Morgan fingerprint density at radius 2 is 1.64 bits per heavy atom. The van der Waals surface area contributed by atoms with Crippen LogP contribution in [0.25, 0.3) is 0 Å². The number of likely N-dealkylation sites (N-methyl/N-ethyl adjacent to an activating group) is 1. The highest BCUT2D eigenvalue weighted by Gasteiger charge is 2.71. The molecular weight excluding hydrogens is 466 g/mol. The van der Waals surface area contributed by atoms with E-state index in [1.807, 2.05) is 22.9 Å². The van der Waals surface area contributed by atoms with Gasteiger partial charge in [-0.2, -0.15) is 0 Å². The number of piperidine rings is 1. The summed E-state index contributed by atoms with van der Waals surface area (Å²) < 4.78 is 12.6. The van der Waals surface area contributed by atoms with Gasteiger partial charge in [0.15, 0.2) is 0 Å². The van der Waals surface area contributed by atoms with Gasteiger partial charge in [-0.05, 0) is 22.9 Å². The fourth-order valence-electron chi connectivity index (χ4n) is 4.83. The highest BCUT2D eigenvalue weighted by Crippen LogP contribution is 2.52. The van der Waals surface area contributed by atoms with Crippen LogP contribution in [0.2, 0.25) is 0 Å². The van der Waals surface area contributed by atoms with Crippen molar-refractivity contribution < 1.29 is 46.3 Å². The smallest absolute Gasteiger partial charge is 0.349 e. The number of halogens is 1. The molecule has 3 N–H and O–H groups in total. The first kappa shape index (κ1) is 21.9. The van der Waals surface area contributed by atoms with Crippen molar-refractivity contribution in [2.24, 2.45) is 0 Å². The Balaban J connectivity index is 0.00000112. The summed E-state index contributed by atoms with van der Waals surface area (Å²) in [6, 6.07) is 8.01. The minimum absolute atomic E-state index is 0. The van der Waals surface area contributed by atoms with Gasteiger partial charge in [-0.1, -0.05) is 12.1 Å². The average Bonchev–Trinajstić information content (AvgIpc) is 2.98. The molecule has 3 fully saturated rings. The topological polar surface area (TPSA) is 90.6 Å². The Morgan fingerprint density at radius 3 is 2.07 bits per heavy atom. The molecule has 154 valence electrons. The molecular formula is C19H24BrNO5S2. The predicted octanol–water partition coefficient (Wildman–Crippen LogP) is -1.47. The summed E-state index contributed by atoms with van der Waals surface area (Å²) in [4.78, 5) is 14.3. The van der Waals surface area contributed by atoms with Gasteiger partial charge in [0.25, 0.3) is 0 Å². The molecule has 5 atom stereocenters. The summed E-state index contributed by atoms with van der Waals surface area (Å²) in [5, 5.41) is 15.1. The molecule has 28 heavy (non-hydrogen) atoms. The van der Waals surface area contributed by atoms with Crippen molar-refractivity contribution in [2.45, 2.75) is 48.8 Å². The largest absolute Gasteiger partial charge is 1.00 e. The number of nitrogens with zero attached hydrogens (tertiary/aromatic N) is 1. The van der Waals surface area contributed by atoms with Crippen molar-refractivity contribution in [2.75, 3.05) is 14.1 Å². The summed E-state index contributed by atoms with van der Waals surface area (Å²) in [6.45, 7) is 0. The number of carbonyl (C=O) groups excluding carboxylic acids is 1. The molecule has 5 heterocycles. The Bertz CT molecular complexity index is 771. The van der Waals surface area contributed by atoms with Crippen molar-refractivity contribution in [1.29, 1.82) is 0 Å². The molecule has 0 spiro atoms. The fraction of sp³-hybridized carbons (Fsp3) is 0.526. The van der Waals surface area contributed by atoms with Crippen LogP contribution in [0, 0.1) is 0 Å². The summed E-state index contributed by atoms with van der Waals surface area (Å²) >= 11 is 2.74. The predicted molar refractivity (Wildman–Crippen MR) is 103 cm³/mol. The molecule has 1 unspecified atom stereocenters. The minimum atomic E-state index is -1.72. The summed E-state index contributed by atoms with van der Waals surface area (Å²) in [5.74, 6) is -0.561. The number of thiophene rings is 2. The molecule has 3 aliphatic heterocycles. The summed E-state index contributed by atoms with van der Waals surface area (Å²) in [6.07, 6.45) is 2.05. The number of fused-ring (bicyclic) bond motifs is 5. The van der Waals surface area contributed by atoms with E-state index in [2.05, 4.69) is 14.1 Å². The maximum absolute atomic E-state index is 13.1. The van der Waals surface area contributed by atoms with Crippen molar-refractivity contribution in [3.05, 3.63) is 44.8 Å². The molecule has 6 nitrogen and oxygen atoms in total. The van der Waals surface area contributed by atoms with Gasteiger partial charge in [0.05, 0.1) is 23.8 Å². The lowest BCUT2D eigenvalue weighted by Gasteiger charge is -2.45. The molecule has 0 aromatic carbocycles. The zero-order valence-electron chi connectivity index (χ0n) is 15.6. The van der Waals surface area contributed by atoms with Crippen molar-refractivity contribution >= 4 is 28.6 Å². The quantitative estimate of drug-likeness (QED) is 0.322. The number of hydrogen-bond acceptors (Lipinski definition) is 6. The molecule has 5 rings (SSSR count). The number of carbonyl (C=O) groups is 1. The van der Waals surface area contributed by atoms with Crippen LogP contribution in [0.1, 0.15) is 22.6 Å². The van der Waals surface area contributed by atoms with E-state index < -0.39 is 11.6 Å². The standard InChI is InChI=1S/C19H22NO4S2.BrH.H2O/c1-20(2)12-9-11(10-13(20)17-16(12)24-17)23-18(21)19(22,14-5-3-7-25-14)15-6-4-8-26-15;;/h3-8,11-13,16-17,22H,9-10H2,1-2H3;1H;1H2/q+1;;/p-1/t11?,12-,13+,16+,17-;;. The van der Waals surface area contributed by atoms with E-state index in [-0.39, 0.29) is 28.6 Å². The third kappa shape index (κ3) is 3.08. The number of ether oxygens (including phenoxy) is 2. The molecule has 0 saturated carbocycles. The third-order valence-corrected chi connectivity index (χ3v) is 8.32. The second-order valence-electron chi connectivity index (χ2n) is 7.99. The first-order valence-electron chi connectivity index (χ1n) is 8.92. The average molecular weight is 490 g/mol. The molecule has 2 bridgehead atoms. The Labute approximate surface area is 182 Å². The van der Waals surface area contributed by atoms with Crippen LogP contribution >= 0.6 is 22.7 Å². The van der Waals surface area contributed by atoms with E-state index >= 15 is 0 Å². The Hall–Kier alpha value is -0.810. The van der Waals surface area contributed by atoms with Crippen LogP contribution in [0.15, 0.2) is 35.0 Å². The first-order chi connectivity index (χ1) is 12.4. The number of morpholine rings is 1. The van der Waals surface area contributed by atoms with Crippen molar-refractivity contribution in [3.63, 3.8) is 0 Å². The zero-order valence-corrected chi connectivity index (χ0v) is 18.8. The van der Waals surface area contributed by atoms with Crippen molar-refractivity contribution in [1.82, 2.24) is 0 Å². The van der Waals surface area contributed by atoms with E-state index in [0.29, 0.717) is 34.0 Å². The lowest BCUT2D eigenvalue weighted by atomic mass is 9.95. The monoisotopic (exact) mass is 489 g/mol. The van der Waals surface area contributed by atoms with Crippen LogP contribution in [0.5, 0.6) is 0 Å². The van der Waals surface area contributed by atoms with Gasteiger partial charge in [-0.3, -0.25) is 0 Å². The molecule has 0 radical (unpaired) electrons. The molecule has 2 aromatic rings. The van der Waals surface area contributed by atoms with E-state index in [0.717, 1.165) is 17.3 Å². The van der Waals surface area contributed by atoms with E-state index in [9.17, 15) is 9.90 Å². The van der Waals surface area contributed by atoms with E-state index in [1.54, 1.807) is 12.1 Å². The molecule has 9 heteroatoms. The molecule has 3 saturated heterocycles. The fourth-order valence-corrected chi connectivity index (χ4v) is 6.54. The Morgan fingerprint density at radius 1 is 1.14 bits per heavy atom. The number of esters is 1.